The van der Waals surface area contributed by atoms with Gasteiger partial charge in [0, 0.05) is 11.5 Å². The molecule has 2 aromatic rings. The standard InChI is InChI=1S/C19H20S2/c1-3-14-20-19(21-15-4-2)18-12-10-17(11-13-18)16-8-6-5-7-9-16/h3-13,19H,1-2,14-15H2. The lowest BCUT2D eigenvalue weighted by Crippen LogP contribution is -1.91. The molecule has 0 saturated heterocycles. The van der Waals surface area contributed by atoms with Crippen molar-refractivity contribution in [2.75, 3.05) is 11.5 Å². The van der Waals surface area contributed by atoms with Gasteiger partial charge in [-0.15, -0.1) is 36.7 Å². The molecule has 0 bridgehead atoms. The van der Waals surface area contributed by atoms with Gasteiger partial charge in [-0.3, -0.25) is 0 Å². The number of hydrogen-bond donors (Lipinski definition) is 0. The molecule has 0 aliphatic heterocycles. The Kier molecular flexibility index (Phi) is 6.71. The van der Waals surface area contributed by atoms with E-state index in [2.05, 4.69) is 61.7 Å². The van der Waals surface area contributed by atoms with Crippen LogP contribution in [0, 0.1) is 0 Å². The van der Waals surface area contributed by atoms with Gasteiger partial charge in [0.25, 0.3) is 0 Å². The minimum Gasteiger partial charge on any atom is -0.139 e. The summed E-state index contributed by atoms with van der Waals surface area (Å²) in [6.45, 7) is 7.62. The largest absolute Gasteiger partial charge is 0.139 e. The maximum atomic E-state index is 3.81. The Morgan fingerprint density at radius 1 is 0.762 bits per heavy atom. The molecule has 0 atom stereocenters. The molecule has 2 heteroatoms. The van der Waals surface area contributed by atoms with Gasteiger partial charge in [0.2, 0.25) is 0 Å². The molecule has 0 N–H and O–H groups in total. The summed E-state index contributed by atoms with van der Waals surface area (Å²) in [5.41, 5.74) is 3.88. The van der Waals surface area contributed by atoms with Crippen LogP contribution in [0.1, 0.15) is 10.1 Å². The summed E-state index contributed by atoms with van der Waals surface area (Å²) < 4.78 is 0.436. The topological polar surface area (TPSA) is 0 Å². The highest BCUT2D eigenvalue weighted by atomic mass is 32.2. The molecule has 0 unspecified atom stereocenters. The van der Waals surface area contributed by atoms with Crippen molar-refractivity contribution in [1.82, 2.24) is 0 Å². The predicted molar refractivity (Wildman–Crippen MR) is 99.9 cm³/mol. The number of rotatable bonds is 8. The quantitative estimate of drug-likeness (QED) is 0.421. The smallest absolute Gasteiger partial charge is 0.0757 e. The highest BCUT2D eigenvalue weighted by Crippen LogP contribution is 2.40. The molecule has 0 aliphatic rings. The fourth-order valence-electron chi connectivity index (χ4n) is 2.01. The van der Waals surface area contributed by atoms with Gasteiger partial charge in [-0.1, -0.05) is 66.7 Å². The fraction of sp³-hybridized carbons (Fsp3) is 0.158. The summed E-state index contributed by atoms with van der Waals surface area (Å²) in [7, 11) is 0. The minimum absolute atomic E-state index is 0.436. The van der Waals surface area contributed by atoms with Gasteiger partial charge in [-0.25, -0.2) is 0 Å². The van der Waals surface area contributed by atoms with Gasteiger partial charge < -0.3 is 0 Å². The van der Waals surface area contributed by atoms with Crippen molar-refractivity contribution in [3.63, 3.8) is 0 Å². The number of thioether (sulfide) groups is 2. The SMILES string of the molecule is C=CCSC(SCC=C)c1ccc(-c2ccccc2)cc1. The van der Waals surface area contributed by atoms with Gasteiger partial charge >= 0.3 is 0 Å². The van der Waals surface area contributed by atoms with Crippen LogP contribution in [-0.2, 0) is 0 Å². The molecule has 108 valence electrons. The maximum Gasteiger partial charge on any atom is 0.0757 e. The Labute approximate surface area is 136 Å². The van der Waals surface area contributed by atoms with Gasteiger partial charge in [0.1, 0.15) is 0 Å². The molecule has 0 aromatic heterocycles. The van der Waals surface area contributed by atoms with E-state index in [0.717, 1.165) is 11.5 Å². The molecule has 2 rings (SSSR count). The highest BCUT2D eigenvalue weighted by molar-refractivity contribution is 8.16. The zero-order valence-corrected chi connectivity index (χ0v) is 13.7. The van der Waals surface area contributed by atoms with E-state index in [4.69, 9.17) is 0 Å². The minimum atomic E-state index is 0.436. The van der Waals surface area contributed by atoms with E-state index in [9.17, 15) is 0 Å². The van der Waals surface area contributed by atoms with Crippen LogP contribution in [0.15, 0.2) is 79.9 Å². The lowest BCUT2D eigenvalue weighted by molar-refractivity contribution is 1.37. The van der Waals surface area contributed by atoms with Crippen LogP contribution in [0.25, 0.3) is 11.1 Å². The molecule has 0 amide bonds. The van der Waals surface area contributed by atoms with E-state index >= 15 is 0 Å². The lowest BCUT2D eigenvalue weighted by atomic mass is 10.0. The first-order chi connectivity index (χ1) is 10.3. The molecule has 0 spiro atoms. The molecule has 0 aliphatic carbocycles. The van der Waals surface area contributed by atoms with Crippen molar-refractivity contribution < 1.29 is 0 Å². The van der Waals surface area contributed by atoms with E-state index in [0.29, 0.717) is 4.58 Å². The normalized spacial score (nSPS) is 10.5. The first kappa shape index (κ1) is 16.0. The van der Waals surface area contributed by atoms with Crippen LogP contribution < -0.4 is 0 Å². The average molecular weight is 313 g/mol. The zero-order chi connectivity index (χ0) is 14.9. The summed E-state index contributed by atoms with van der Waals surface area (Å²) in [6, 6.07) is 19.4. The van der Waals surface area contributed by atoms with Crippen LogP contribution >= 0.6 is 23.5 Å². The number of benzene rings is 2. The van der Waals surface area contributed by atoms with E-state index in [1.807, 2.05) is 41.7 Å². The van der Waals surface area contributed by atoms with Crippen LogP contribution in [0.5, 0.6) is 0 Å². The van der Waals surface area contributed by atoms with Crippen molar-refractivity contribution >= 4 is 23.5 Å². The van der Waals surface area contributed by atoms with Gasteiger partial charge in [0.15, 0.2) is 0 Å². The van der Waals surface area contributed by atoms with Crippen LogP contribution in [-0.4, -0.2) is 11.5 Å². The Morgan fingerprint density at radius 3 is 1.81 bits per heavy atom. The van der Waals surface area contributed by atoms with Crippen molar-refractivity contribution in [1.29, 1.82) is 0 Å². The molecular formula is C19H20S2. The summed E-state index contributed by atoms with van der Waals surface area (Å²) in [4.78, 5) is 0. The molecule has 0 radical (unpaired) electrons. The summed E-state index contributed by atoms with van der Waals surface area (Å²) >= 11 is 3.83. The monoisotopic (exact) mass is 312 g/mol. The zero-order valence-electron chi connectivity index (χ0n) is 12.1. The fourth-order valence-corrected chi connectivity index (χ4v) is 4.19. The molecule has 0 fully saturated rings. The molecule has 0 heterocycles. The molecular weight excluding hydrogens is 292 g/mol. The molecule has 2 aromatic carbocycles. The Hall–Kier alpha value is -1.38. The Morgan fingerprint density at radius 2 is 1.29 bits per heavy atom. The third-order valence-electron chi connectivity index (χ3n) is 3.02. The van der Waals surface area contributed by atoms with Gasteiger partial charge in [0.05, 0.1) is 4.58 Å². The third-order valence-corrected chi connectivity index (χ3v) is 5.84. The summed E-state index contributed by atoms with van der Waals surface area (Å²) in [5, 5.41) is 0. The van der Waals surface area contributed by atoms with E-state index in [1.165, 1.54) is 16.7 Å². The molecule has 0 saturated carbocycles. The second kappa shape index (κ2) is 8.81. The summed E-state index contributed by atoms with van der Waals surface area (Å²) in [6.07, 6.45) is 3.93. The maximum absolute atomic E-state index is 3.81. The molecule has 0 nitrogen and oxygen atoms in total. The molecule has 21 heavy (non-hydrogen) atoms. The lowest BCUT2D eigenvalue weighted by Gasteiger charge is -2.15. The van der Waals surface area contributed by atoms with Crippen LogP contribution in [0.3, 0.4) is 0 Å². The van der Waals surface area contributed by atoms with Crippen molar-refractivity contribution in [2.45, 2.75) is 4.58 Å². The Bertz CT molecular complexity index is 546. The van der Waals surface area contributed by atoms with E-state index in [1.54, 1.807) is 0 Å². The van der Waals surface area contributed by atoms with E-state index < -0.39 is 0 Å². The second-order valence-corrected chi connectivity index (χ2v) is 7.14. The second-order valence-electron chi connectivity index (χ2n) is 4.56. The highest BCUT2D eigenvalue weighted by Gasteiger charge is 2.11. The average Bonchev–Trinajstić information content (AvgIpc) is 2.56. The van der Waals surface area contributed by atoms with Crippen LogP contribution in [0.2, 0.25) is 0 Å². The first-order valence-corrected chi connectivity index (χ1v) is 9.05. The van der Waals surface area contributed by atoms with E-state index in [-0.39, 0.29) is 0 Å². The third kappa shape index (κ3) is 4.83. The van der Waals surface area contributed by atoms with Gasteiger partial charge in [-0.05, 0) is 16.7 Å². The van der Waals surface area contributed by atoms with Gasteiger partial charge in [-0.2, -0.15) is 0 Å². The van der Waals surface area contributed by atoms with Crippen molar-refractivity contribution in [3.8, 4) is 11.1 Å². The predicted octanol–water partition coefficient (Wildman–Crippen LogP) is 6.19. The van der Waals surface area contributed by atoms with Crippen molar-refractivity contribution in [3.05, 3.63) is 85.5 Å². The Balaban J connectivity index is 2.14. The van der Waals surface area contributed by atoms with Crippen molar-refractivity contribution in [2.24, 2.45) is 0 Å². The first-order valence-electron chi connectivity index (χ1n) is 6.95. The van der Waals surface area contributed by atoms with Crippen LogP contribution in [0.4, 0.5) is 0 Å². The number of hydrogen-bond acceptors (Lipinski definition) is 2. The summed E-state index contributed by atoms with van der Waals surface area (Å²) in [5.74, 6) is 1.94.